The minimum absolute atomic E-state index is 0.118. The third kappa shape index (κ3) is 3.58. The maximum Gasteiger partial charge on any atom is 0.411 e. The quantitative estimate of drug-likeness (QED) is 0.842. The lowest BCUT2D eigenvalue weighted by atomic mass is 10.1. The van der Waals surface area contributed by atoms with Crippen molar-refractivity contribution in [1.29, 1.82) is 0 Å². The van der Waals surface area contributed by atoms with Crippen LogP contribution >= 0.6 is 11.6 Å². The molecule has 1 saturated carbocycles. The fraction of sp³-hybridized carbons (Fsp3) is 0.562. The van der Waals surface area contributed by atoms with Gasteiger partial charge in [-0.3, -0.25) is 9.69 Å². The first kappa shape index (κ1) is 16.1. The van der Waals surface area contributed by atoms with Gasteiger partial charge in [0.05, 0.1) is 0 Å². The molecule has 7 heteroatoms. The van der Waals surface area contributed by atoms with Crippen LogP contribution in [0.2, 0.25) is 5.15 Å². The van der Waals surface area contributed by atoms with Crippen LogP contribution in [0.25, 0.3) is 0 Å². The monoisotopic (exact) mass is 337 g/mol. The number of nitrogens with zero attached hydrogens (tertiary/aromatic N) is 2. The first-order valence-corrected chi connectivity index (χ1v) is 8.07. The second-order valence-electron chi connectivity index (χ2n) is 7.04. The highest BCUT2D eigenvalue weighted by Gasteiger charge is 2.57. The Morgan fingerprint density at radius 1 is 1.35 bits per heavy atom. The molecule has 3 rings (SSSR count). The lowest BCUT2D eigenvalue weighted by molar-refractivity contribution is -0.121. The van der Waals surface area contributed by atoms with Gasteiger partial charge in [-0.1, -0.05) is 17.7 Å². The lowest BCUT2D eigenvalue weighted by Crippen LogP contribution is -2.47. The third-order valence-electron chi connectivity index (χ3n) is 3.98. The van der Waals surface area contributed by atoms with E-state index in [1.54, 1.807) is 23.1 Å². The third-order valence-corrected chi connectivity index (χ3v) is 4.19. The van der Waals surface area contributed by atoms with Crippen molar-refractivity contribution in [3.8, 4) is 0 Å². The zero-order valence-corrected chi connectivity index (χ0v) is 14.1. The Kier molecular flexibility index (Phi) is 3.96. The van der Waals surface area contributed by atoms with E-state index >= 15 is 0 Å². The first-order valence-electron chi connectivity index (χ1n) is 7.69. The largest absolute Gasteiger partial charge is 0.444 e. The number of nitrogens with one attached hydrogen (secondary N) is 1. The van der Waals surface area contributed by atoms with Crippen molar-refractivity contribution >= 4 is 29.4 Å². The number of carbonyl (C=O) groups excluding carboxylic acids is 2. The predicted octanol–water partition coefficient (Wildman–Crippen LogP) is 3.07. The molecule has 1 aromatic heterocycles. The molecule has 2 heterocycles. The predicted molar refractivity (Wildman–Crippen MR) is 86.2 cm³/mol. The van der Waals surface area contributed by atoms with Crippen molar-refractivity contribution in [3.05, 3.63) is 23.4 Å². The molecular weight excluding hydrogens is 318 g/mol. The zero-order valence-electron chi connectivity index (χ0n) is 13.4. The highest BCUT2D eigenvalue weighted by atomic mass is 35.5. The number of hydrogen-bond donors (Lipinski definition) is 1. The molecule has 2 amide bonds. The highest BCUT2D eigenvalue weighted by molar-refractivity contribution is 6.29. The number of ether oxygens (including phenoxy) is 1. The van der Waals surface area contributed by atoms with Gasteiger partial charge in [-0.15, -0.1) is 0 Å². The number of amides is 2. The van der Waals surface area contributed by atoms with Crippen molar-refractivity contribution < 1.29 is 14.3 Å². The van der Waals surface area contributed by atoms with Crippen LogP contribution in [0.15, 0.2) is 18.2 Å². The van der Waals surface area contributed by atoms with Gasteiger partial charge >= 0.3 is 6.09 Å². The number of likely N-dealkylation sites (tertiary alicyclic amines) is 1. The number of carbonyl (C=O) groups is 2. The molecular formula is C16H20ClN3O3. The van der Waals surface area contributed by atoms with E-state index in [2.05, 4.69) is 10.3 Å². The Bertz CT molecular complexity index is 644. The van der Waals surface area contributed by atoms with E-state index in [1.807, 2.05) is 20.8 Å². The molecule has 1 saturated heterocycles. The van der Waals surface area contributed by atoms with Crippen LogP contribution in [0.5, 0.6) is 0 Å². The van der Waals surface area contributed by atoms with Crippen LogP contribution in [0.3, 0.4) is 0 Å². The molecule has 0 radical (unpaired) electrons. The van der Waals surface area contributed by atoms with Crippen molar-refractivity contribution in [2.75, 3.05) is 5.32 Å². The van der Waals surface area contributed by atoms with Gasteiger partial charge in [0, 0.05) is 6.04 Å². The van der Waals surface area contributed by atoms with Gasteiger partial charge < -0.3 is 10.1 Å². The Balaban J connectivity index is 1.71. The van der Waals surface area contributed by atoms with Crippen molar-refractivity contribution in [2.45, 2.75) is 51.3 Å². The summed E-state index contributed by atoms with van der Waals surface area (Å²) in [5, 5.41) is 3.04. The molecule has 0 spiro atoms. The van der Waals surface area contributed by atoms with E-state index in [4.69, 9.17) is 16.3 Å². The van der Waals surface area contributed by atoms with Gasteiger partial charge in [0.25, 0.3) is 0 Å². The lowest BCUT2D eigenvalue weighted by Gasteiger charge is -2.29. The minimum atomic E-state index is -0.584. The normalized spacial score (nSPS) is 25.7. The SMILES string of the molecule is CC(C)(C)OC(=O)N1[C@@H](C(=O)Nc2cccc(Cl)n2)C[C@H]2C[C@H]21. The van der Waals surface area contributed by atoms with Gasteiger partial charge in [-0.05, 0) is 51.7 Å². The number of fused-ring (bicyclic) bond motifs is 1. The number of hydrogen-bond acceptors (Lipinski definition) is 4. The molecule has 0 unspecified atom stereocenters. The molecule has 2 fully saturated rings. The highest BCUT2D eigenvalue weighted by Crippen LogP contribution is 2.48. The molecule has 1 aliphatic carbocycles. The van der Waals surface area contributed by atoms with Crippen molar-refractivity contribution in [2.24, 2.45) is 5.92 Å². The molecule has 0 aromatic carbocycles. The number of piperidine rings is 1. The number of anilines is 1. The second-order valence-corrected chi connectivity index (χ2v) is 7.42. The minimum Gasteiger partial charge on any atom is -0.444 e. The van der Waals surface area contributed by atoms with Gasteiger partial charge in [0.15, 0.2) is 0 Å². The summed E-state index contributed by atoms with van der Waals surface area (Å²) in [5.74, 6) is 0.524. The van der Waals surface area contributed by atoms with Gasteiger partial charge in [-0.2, -0.15) is 0 Å². The van der Waals surface area contributed by atoms with E-state index in [1.165, 1.54) is 0 Å². The molecule has 23 heavy (non-hydrogen) atoms. The summed E-state index contributed by atoms with van der Waals surface area (Å²) in [6.45, 7) is 5.45. The van der Waals surface area contributed by atoms with E-state index in [0.29, 0.717) is 23.3 Å². The number of aromatic nitrogens is 1. The van der Waals surface area contributed by atoms with Crippen LogP contribution in [-0.2, 0) is 9.53 Å². The summed E-state index contributed by atoms with van der Waals surface area (Å²) in [7, 11) is 0. The first-order chi connectivity index (χ1) is 10.7. The molecule has 2 aliphatic rings. The van der Waals surface area contributed by atoms with Crippen LogP contribution in [0.1, 0.15) is 33.6 Å². The Labute approximate surface area is 140 Å². The zero-order chi connectivity index (χ0) is 16.8. The summed E-state index contributed by atoms with van der Waals surface area (Å²) in [4.78, 5) is 30.6. The van der Waals surface area contributed by atoms with E-state index in [0.717, 1.165) is 6.42 Å². The maximum absolute atomic E-state index is 12.5. The van der Waals surface area contributed by atoms with E-state index in [-0.39, 0.29) is 11.9 Å². The van der Waals surface area contributed by atoms with Crippen molar-refractivity contribution in [3.63, 3.8) is 0 Å². The molecule has 0 bridgehead atoms. The molecule has 1 N–H and O–H groups in total. The standard InChI is InChI=1S/C16H20ClN3O3/c1-16(2,3)23-15(22)20-10-7-9(10)8-11(20)14(21)19-13-6-4-5-12(17)18-13/h4-6,9-11H,7-8H2,1-3H3,(H,18,19,21)/t9-,10-,11-/m1/s1. The van der Waals surface area contributed by atoms with Gasteiger partial charge in [0.1, 0.15) is 22.6 Å². The molecule has 124 valence electrons. The second kappa shape index (κ2) is 5.67. The van der Waals surface area contributed by atoms with Crippen LogP contribution < -0.4 is 5.32 Å². The van der Waals surface area contributed by atoms with Gasteiger partial charge in [-0.25, -0.2) is 9.78 Å². The molecule has 6 nitrogen and oxygen atoms in total. The van der Waals surface area contributed by atoms with Crippen LogP contribution in [0.4, 0.5) is 10.6 Å². The van der Waals surface area contributed by atoms with Crippen LogP contribution in [0, 0.1) is 5.92 Å². The topological polar surface area (TPSA) is 71.5 Å². The molecule has 1 aromatic rings. The average molecular weight is 338 g/mol. The van der Waals surface area contributed by atoms with Crippen molar-refractivity contribution in [1.82, 2.24) is 9.88 Å². The molecule has 3 atom stereocenters. The number of rotatable bonds is 2. The van der Waals surface area contributed by atoms with E-state index in [9.17, 15) is 9.59 Å². The van der Waals surface area contributed by atoms with E-state index < -0.39 is 17.7 Å². The summed E-state index contributed by atoms with van der Waals surface area (Å²) in [6, 6.07) is 4.61. The maximum atomic E-state index is 12.5. The molecule has 1 aliphatic heterocycles. The summed E-state index contributed by atoms with van der Waals surface area (Å²) >= 11 is 5.82. The fourth-order valence-corrected chi connectivity index (χ4v) is 3.12. The Hall–Kier alpha value is -1.82. The van der Waals surface area contributed by atoms with Crippen LogP contribution in [-0.4, -0.2) is 39.6 Å². The Morgan fingerprint density at radius 2 is 2.09 bits per heavy atom. The number of pyridine rings is 1. The summed E-state index contributed by atoms with van der Waals surface area (Å²) in [5.41, 5.74) is -0.584. The Morgan fingerprint density at radius 3 is 2.74 bits per heavy atom. The summed E-state index contributed by atoms with van der Waals surface area (Å²) < 4.78 is 5.44. The average Bonchev–Trinajstić information content (AvgIpc) is 3.06. The smallest absolute Gasteiger partial charge is 0.411 e. The fourth-order valence-electron chi connectivity index (χ4n) is 2.96. The van der Waals surface area contributed by atoms with Gasteiger partial charge in [0.2, 0.25) is 5.91 Å². The number of halogens is 1. The summed E-state index contributed by atoms with van der Waals surface area (Å²) in [6.07, 6.45) is 1.18.